The van der Waals surface area contributed by atoms with Gasteiger partial charge in [-0.2, -0.15) is 0 Å². The number of hydrogen-bond donors (Lipinski definition) is 1. The SMILES string of the molecule is CCC(C)N1CCOCC1CCC(=O)O. The Labute approximate surface area is 91.2 Å². The van der Waals surface area contributed by atoms with Gasteiger partial charge in [0.15, 0.2) is 0 Å². The van der Waals surface area contributed by atoms with Crippen LogP contribution >= 0.6 is 0 Å². The number of rotatable bonds is 5. The van der Waals surface area contributed by atoms with Gasteiger partial charge in [0.1, 0.15) is 0 Å². The van der Waals surface area contributed by atoms with Crippen LogP contribution in [0.2, 0.25) is 0 Å². The number of morpholine rings is 1. The Morgan fingerprint density at radius 2 is 2.40 bits per heavy atom. The van der Waals surface area contributed by atoms with Crippen molar-refractivity contribution in [2.75, 3.05) is 19.8 Å². The Morgan fingerprint density at radius 1 is 1.67 bits per heavy atom. The van der Waals surface area contributed by atoms with Gasteiger partial charge >= 0.3 is 5.97 Å². The minimum absolute atomic E-state index is 0.237. The average Bonchev–Trinajstić information content (AvgIpc) is 2.25. The Balaban J connectivity index is 2.45. The molecule has 0 aromatic rings. The van der Waals surface area contributed by atoms with Crippen molar-refractivity contribution in [2.24, 2.45) is 0 Å². The maximum atomic E-state index is 10.5. The second kappa shape index (κ2) is 6.08. The molecule has 15 heavy (non-hydrogen) atoms. The summed E-state index contributed by atoms with van der Waals surface area (Å²) in [5.74, 6) is -0.718. The predicted molar refractivity (Wildman–Crippen MR) is 57.9 cm³/mol. The van der Waals surface area contributed by atoms with Crippen LogP contribution in [0.25, 0.3) is 0 Å². The van der Waals surface area contributed by atoms with E-state index in [1.165, 1.54) is 0 Å². The lowest BCUT2D eigenvalue weighted by molar-refractivity contribution is -0.137. The third-order valence-electron chi connectivity index (χ3n) is 3.12. The van der Waals surface area contributed by atoms with E-state index in [4.69, 9.17) is 9.84 Å². The molecular weight excluding hydrogens is 194 g/mol. The molecule has 0 radical (unpaired) electrons. The molecule has 4 heteroatoms. The summed E-state index contributed by atoms with van der Waals surface area (Å²) < 4.78 is 5.40. The van der Waals surface area contributed by atoms with Crippen molar-refractivity contribution in [2.45, 2.75) is 45.2 Å². The Kier molecular flexibility index (Phi) is 5.05. The monoisotopic (exact) mass is 215 g/mol. The number of nitrogens with zero attached hydrogens (tertiary/aromatic N) is 1. The smallest absolute Gasteiger partial charge is 0.303 e. The Bertz CT molecular complexity index is 208. The van der Waals surface area contributed by atoms with Crippen molar-refractivity contribution < 1.29 is 14.6 Å². The molecule has 0 aliphatic carbocycles. The Morgan fingerprint density at radius 3 is 3.00 bits per heavy atom. The summed E-state index contributed by atoms with van der Waals surface area (Å²) in [4.78, 5) is 12.9. The van der Waals surface area contributed by atoms with Crippen LogP contribution in [0.4, 0.5) is 0 Å². The number of hydrogen-bond acceptors (Lipinski definition) is 3. The van der Waals surface area contributed by atoms with Crippen LogP contribution in [0, 0.1) is 0 Å². The van der Waals surface area contributed by atoms with E-state index in [-0.39, 0.29) is 12.5 Å². The highest BCUT2D eigenvalue weighted by atomic mass is 16.5. The molecule has 4 nitrogen and oxygen atoms in total. The molecule has 1 aliphatic rings. The maximum Gasteiger partial charge on any atom is 0.303 e. The maximum absolute atomic E-state index is 10.5. The third kappa shape index (κ3) is 3.80. The highest BCUT2D eigenvalue weighted by Gasteiger charge is 2.26. The molecule has 2 unspecified atom stereocenters. The van der Waals surface area contributed by atoms with E-state index >= 15 is 0 Å². The lowest BCUT2D eigenvalue weighted by Gasteiger charge is -2.39. The standard InChI is InChI=1S/C11H21NO3/c1-3-9(2)12-6-7-15-8-10(12)4-5-11(13)14/h9-10H,3-8H2,1-2H3,(H,13,14). The van der Waals surface area contributed by atoms with Gasteiger partial charge < -0.3 is 9.84 Å². The molecule has 2 atom stereocenters. The van der Waals surface area contributed by atoms with E-state index in [2.05, 4.69) is 18.7 Å². The van der Waals surface area contributed by atoms with Crippen molar-refractivity contribution in [3.8, 4) is 0 Å². The van der Waals surface area contributed by atoms with Gasteiger partial charge in [-0.15, -0.1) is 0 Å². The summed E-state index contributed by atoms with van der Waals surface area (Å²) in [6, 6.07) is 0.803. The van der Waals surface area contributed by atoms with E-state index in [1.54, 1.807) is 0 Å². The van der Waals surface area contributed by atoms with Gasteiger partial charge in [0.25, 0.3) is 0 Å². The van der Waals surface area contributed by atoms with Crippen molar-refractivity contribution in [3.05, 3.63) is 0 Å². The summed E-state index contributed by atoms with van der Waals surface area (Å²) in [6.07, 6.45) is 2.03. The highest BCUT2D eigenvalue weighted by Crippen LogP contribution is 2.17. The number of carboxylic acids is 1. The largest absolute Gasteiger partial charge is 0.481 e. The molecule has 1 aliphatic heterocycles. The second-order valence-corrected chi connectivity index (χ2v) is 4.16. The molecule has 0 amide bonds. The van der Waals surface area contributed by atoms with Crippen LogP contribution in [-0.4, -0.2) is 47.8 Å². The van der Waals surface area contributed by atoms with Gasteiger partial charge in [0.2, 0.25) is 0 Å². The van der Waals surface area contributed by atoms with Crippen LogP contribution in [0.3, 0.4) is 0 Å². The zero-order valence-electron chi connectivity index (χ0n) is 9.61. The molecular formula is C11H21NO3. The summed E-state index contributed by atoms with van der Waals surface area (Å²) >= 11 is 0. The number of aliphatic carboxylic acids is 1. The molecule has 0 aromatic carbocycles. The molecule has 1 rings (SSSR count). The van der Waals surface area contributed by atoms with Gasteiger partial charge in [-0.3, -0.25) is 9.69 Å². The van der Waals surface area contributed by atoms with E-state index in [0.717, 1.165) is 19.6 Å². The molecule has 1 heterocycles. The van der Waals surface area contributed by atoms with Crippen molar-refractivity contribution >= 4 is 5.97 Å². The molecule has 1 N–H and O–H groups in total. The minimum atomic E-state index is -0.718. The zero-order valence-corrected chi connectivity index (χ0v) is 9.61. The van der Waals surface area contributed by atoms with E-state index in [0.29, 0.717) is 19.1 Å². The quantitative estimate of drug-likeness (QED) is 0.752. The van der Waals surface area contributed by atoms with Crippen LogP contribution in [0.15, 0.2) is 0 Å². The minimum Gasteiger partial charge on any atom is -0.481 e. The van der Waals surface area contributed by atoms with Crippen LogP contribution in [0.1, 0.15) is 33.1 Å². The fourth-order valence-corrected chi connectivity index (χ4v) is 2.02. The summed E-state index contributed by atoms with van der Waals surface area (Å²) in [6.45, 7) is 6.73. The van der Waals surface area contributed by atoms with Gasteiger partial charge in [-0.25, -0.2) is 0 Å². The molecule has 1 fully saturated rings. The second-order valence-electron chi connectivity index (χ2n) is 4.16. The molecule has 1 saturated heterocycles. The lowest BCUT2D eigenvalue weighted by atomic mass is 10.1. The molecule has 0 spiro atoms. The first-order chi connectivity index (χ1) is 7.15. The van der Waals surface area contributed by atoms with Gasteiger partial charge in [0.05, 0.1) is 13.2 Å². The van der Waals surface area contributed by atoms with E-state index < -0.39 is 5.97 Å². The van der Waals surface area contributed by atoms with Crippen LogP contribution in [-0.2, 0) is 9.53 Å². The molecule has 88 valence electrons. The summed E-state index contributed by atoms with van der Waals surface area (Å²) in [7, 11) is 0. The average molecular weight is 215 g/mol. The van der Waals surface area contributed by atoms with Crippen molar-refractivity contribution in [1.82, 2.24) is 4.90 Å². The Hall–Kier alpha value is -0.610. The first kappa shape index (κ1) is 12.5. The van der Waals surface area contributed by atoms with E-state index in [1.807, 2.05) is 0 Å². The number of carboxylic acid groups (broad SMARTS) is 1. The topological polar surface area (TPSA) is 49.8 Å². The number of carbonyl (C=O) groups is 1. The highest BCUT2D eigenvalue weighted by molar-refractivity contribution is 5.66. The summed E-state index contributed by atoms with van der Waals surface area (Å²) in [5, 5.41) is 8.67. The van der Waals surface area contributed by atoms with Crippen LogP contribution < -0.4 is 0 Å². The van der Waals surface area contributed by atoms with E-state index in [9.17, 15) is 4.79 Å². The third-order valence-corrected chi connectivity index (χ3v) is 3.12. The fourth-order valence-electron chi connectivity index (χ4n) is 2.02. The van der Waals surface area contributed by atoms with Crippen LogP contribution in [0.5, 0.6) is 0 Å². The lowest BCUT2D eigenvalue weighted by Crippen LogP contribution is -2.49. The normalized spacial score (nSPS) is 25.1. The zero-order chi connectivity index (χ0) is 11.3. The molecule has 0 bridgehead atoms. The first-order valence-electron chi connectivity index (χ1n) is 5.70. The van der Waals surface area contributed by atoms with Gasteiger partial charge in [0, 0.05) is 25.0 Å². The van der Waals surface area contributed by atoms with Crippen molar-refractivity contribution in [1.29, 1.82) is 0 Å². The first-order valence-corrected chi connectivity index (χ1v) is 5.70. The van der Waals surface area contributed by atoms with Gasteiger partial charge in [-0.1, -0.05) is 6.92 Å². The van der Waals surface area contributed by atoms with Crippen molar-refractivity contribution in [3.63, 3.8) is 0 Å². The summed E-state index contributed by atoms with van der Waals surface area (Å²) in [5.41, 5.74) is 0. The molecule has 0 saturated carbocycles. The number of ether oxygens (including phenoxy) is 1. The van der Waals surface area contributed by atoms with Gasteiger partial charge in [-0.05, 0) is 19.8 Å². The molecule has 0 aromatic heterocycles. The predicted octanol–water partition coefficient (Wildman–Crippen LogP) is 1.35. The fraction of sp³-hybridized carbons (Fsp3) is 0.909.